The molecule has 0 spiro atoms. The predicted octanol–water partition coefficient (Wildman–Crippen LogP) is 1.02. The number of ether oxygens (including phenoxy) is 1. The maximum Gasteiger partial charge on any atom is 0.358 e. The highest BCUT2D eigenvalue weighted by Crippen LogP contribution is 2.00. The summed E-state index contributed by atoms with van der Waals surface area (Å²) in [4.78, 5) is 18.8. The Morgan fingerprint density at radius 1 is 1.57 bits per heavy atom. The summed E-state index contributed by atoms with van der Waals surface area (Å²) >= 11 is 0. The Morgan fingerprint density at radius 3 is 3.00 bits per heavy atom. The number of unbranched alkanes of at least 4 members (excludes halogenated alkanes) is 1. The Labute approximate surface area is 82.3 Å². The van der Waals surface area contributed by atoms with E-state index in [2.05, 4.69) is 9.97 Å². The molecule has 1 aromatic rings. The molecule has 5 heteroatoms. The van der Waals surface area contributed by atoms with Crippen LogP contribution in [0.4, 0.5) is 5.82 Å². The fraction of sp³-hybridized carbons (Fsp3) is 0.444. The van der Waals surface area contributed by atoms with E-state index in [0.717, 1.165) is 12.8 Å². The molecule has 0 saturated heterocycles. The average Bonchev–Trinajstić information content (AvgIpc) is 2.18. The SMILES string of the molecule is CCCCOC(=O)c1cncc(N)n1. The summed E-state index contributed by atoms with van der Waals surface area (Å²) in [5.74, 6) is -0.256. The number of nitrogen functional groups attached to an aromatic ring is 1. The van der Waals surface area contributed by atoms with Crippen molar-refractivity contribution in [1.82, 2.24) is 9.97 Å². The molecule has 0 aliphatic heterocycles. The van der Waals surface area contributed by atoms with E-state index in [9.17, 15) is 4.79 Å². The molecule has 0 aliphatic rings. The normalized spacial score (nSPS) is 9.79. The summed E-state index contributed by atoms with van der Waals surface area (Å²) in [6.45, 7) is 2.43. The van der Waals surface area contributed by atoms with Crippen LogP contribution < -0.4 is 5.73 Å². The van der Waals surface area contributed by atoms with Gasteiger partial charge in [0.1, 0.15) is 5.82 Å². The van der Waals surface area contributed by atoms with Gasteiger partial charge in [0.25, 0.3) is 0 Å². The van der Waals surface area contributed by atoms with Crippen molar-refractivity contribution in [2.75, 3.05) is 12.3 Å². The number of esters is 1. The molecule has 0 amide bonds. The van der Waals surface area contributed by atoms with E-state index in [1.54, 1.807) is 0 Å². The molecule has 1 rings (SSSR count). The molecule has 0 unspecified atom stereocenters. The highest BCUT2D eigenvalue weighted by Gasteiger charge is 2.08. The van der Waals surface area contributed by atoms with Crippen LogP contribution in [-0.2, 0) is 4.74 Å². The minimum absolute atomic E-state index is 0.154. The van der Waals surface area contributed by atoms with Gasteiger partial charge in [0, 0.05) is 0 Å². The fourth-order valence-corrected chi connectivity index (χ4v) is 0.863. The summed E-state index contributed by atoms with van der Waals surface area (Å²) in [5.41, 5.74) is 5.52. The van der Waals surface area contributed by atoms with Gasteiger partial charge in [0.15, 0.2) is 5.69 Å². The van der Waals surface area contributed by atoms with Crippen LogP contribution in [-0.4, -0.2) is 22.5 Å². The lowest BCUT2D eigenvalue weighted by atomic mass is 10.4. The maximum absolute atomic E-state index is 11.3. The van der Waals surface area contributed by atoms with Crippen LogP contribution in [0.25, 0.3) is 0 Å². The monoisotopic (exact) mass is 195 g/mol. The number of anilines is 1. The molecule has 0 radical (unpaired) electrons. The topological polar surface area (TPSA) is 78.1 Å². The number of hydrogen-bond donors (Lipinski definition) is 1. The van der Waals surface area contributed by atoms with E-state index >= 15 is 0 Å². The molecule has 0 aromatic carbocycles. The Morgan fingerprint density at radius 2 is 2.36 bits per heavy atom. The number of nitrogens with zero attached hydrogens (tertiary/aromatic N) is 2. The van der Waals surface area contributed by atoms with E-state index in [1.165, 1.54) is 12.4 Å². The first-order valence-electron chi connectivity index (χ1n) is 4.48. The third-order valence-electron chi connectivity index (χ3n) is 1.59. The summed E-state index contributed by atoms with van der Waals surface area (Å²) in [6.07, 6.45) is 4.55. The van der Waals surface area contributed by atoms with Crippen molar-refractivity contribution in [1.29, 1.82) is 0 Å². The van der Waals surface area contributed by atoms with Gasteiger partial charge in [0.05, 0.1) is 19.0 Å². The summed E-state index contributed by atoms with van der Waals surface area (Å²) < 4.78 is 4.93. The summed E-state index contributed by atoms with van der Waals surface area (Å²) in [5, 5.41) is 0. The van der Waals surface area contributed by atoms with Crippen molar-refractivity contribution in [3.63, 3.8) is 0 Å². The molecule has 0 fully saturated rings. The molecular weight excluding hydrogens is 182 g/mol. The van der Waals surface area contributed by atoms with Gasteiger partial charge in [-0.15, -0.1) is 0 Å². The van der Waals surface area contributed by atoms with Crippen molar-refractivity contribution in [3.05, 3.63) is 18.1 Å². The van der Waals surface area contributed by atoms with Gasteiger partial charge in [-0.25, -0.2) is 9.78 Å². The molecule has 0 aliphatic carbocycles. The molecule has 1 heterocycles. The van der Waals surface area contributed by atoms with Crippen LogP contribution in [0.1, 0.15) is 30.3 Å². The first-order chi connectivity index (χ1) is 6.74. The van der Waals surface area contributed by atoms with Gasteiger partial charge >= 0.3 is 5.97 Å². The zero-order chi connectivity index (χ0) is 10.4. The second kappa shape index (κ2) is 5.16. The van der Waals surface area contributed by atoms with E-state index in [0.29, 0.717) is 6.61 Å². The highest BCUT2D eigenvalue weighted by atomic mass is 16.5. The molecule has 1 aromatic heterocycles. The Bertz CT molecular complexity index is 315. The Kier molecular flexibility index (Phi) is 3.84. The van der Waals surface area contributed by atoms with Gasteiger partial charge in [-0.2, -0.15) is 0 Å². The van der Waals surface area contributed by atoms with Crippen LogP contribution in [0.5, 0.6) is 0 Å². The quantitative estimate of drug-likeness (QED) is 0.573. The van der Waals surface area contributed by atoms with E-state index in [4.69, 9.17) is 10.5 Å². The van der Waals surface area contributed by atoms with E-state index < -0.39 is 5.97 Å². The van der Waals surface area contributed by atoms with Gasteiger partial charge in [-0.05, 0) is 6.42 Å². The predicted molar refractivity (Wildman–Crippen MR) is 51.6 cm³/mol. The van der Waals surface area contributed by atoms with E-state index in [-0.39, 0.29) is 11.5 Å². The van der Waals surface area contributed by atoms with Gasteiger partial charge in [-0.1, -0.05) is 13.3 Å². The molecule has 5 nitrogen and oxygen atoms in total. The molecule has 14 heavy (non-hydrogen) atoms. The molecule has 76 valence electrons. The second-order valence-corrected chi connectivity index (χ2v) is 2.82. The zero-order valence-corrected chi connectivity index (χ0v) is 8.06. The molecular formula is C9H13N3O2. The fourth-order valence-electron chi connectivity index (χ4n) is 0.863. The zero-order valence-electron chi connectivity index (χ0n) is 8.06. The second-order valence-electron chi connectivity index (χ2n) is 2.82. The van der Waals surface area contributed by atoms with Crippen LogP contribution in [0.15, 0.2) is 12.4 Å². The summed E-state index contributed by atoms with van der Waals surface area (Å²) in [7, 11) is 0. The average molecular weight is 195 g/mol. The minimum atomic E-state index is -0.474. The van der Waals surface area contributed by atoms with Crippen molar-refractivity contribution in [2.45, 2.75) is 19.8 Å². The summed E-state index contributed by atoms with van der Waals surface area (Å²) in [6, 6.07) is 0. The third-order valence-corrected chi connectivity index (χ3v) is 1.59. The van der Waals surface area contributed by atoms with Gasteiger partial charge in [-0.3, -0.25) is 4.98 Å². The van der Waals surface area contributed by atoms with Gasteiger partial charge in [0.2, 0.25) is 0 Å². The number of rotatable bonds is 4. The number of carbonyl (C=O) groups excluding carboxylic acids is 1. The third kappa shape index (κ3) is 3.01. The lowest BCUT2D eigenvalue weighted by Crippen LogP contribution is -2.10. The van der Waals surface area contributed by atoms with Crippen molar-refractivity contribution >= 4 is 11.8 Å². The molecule has 0 bridgehead atoms. The maximum atomic E-state index is 11.3. The largest absolute Gasteiger partial charge is 0.461 e. The van der Waals surface area contributed by atoms with Crippen LogP contribution >= 0.6 is 0 Å². The van der Waals surface area contributed by atoms with Crippen molar-refractivity contribution < 1.29 is 9.53 Å². The van der Waals surface area contributed by atoms with Crippen LogP contribution in [0.3, 0.4) is 0 Å². The van der Waals surface area contributed by atoms with Gasteiger partial charge < -0.3 is 10.5 Å². The number of hydrogen-bond acceptors (Lipinski definition) is 5. The number of aromatic nitrogens is 2. The standard InChI is InChI=1S/C9H13N3O2/c1-2-3-4-14-9(13)7-5-11-6-8(10)12-7/h5-6H,2-4H2,1H3,(H2,10,12). The van der Waals surface area contributed by atoms with Crippen molar-refractivity contribution in [2.24, 2.45) is 0 Å². The lowest BCUT2D eigenvalue weighted by molar-refractivity contribution is 0.0492. The highest BCUT2D eigenvalue weighted by molar-refractivity contribution is 5.87. The van der Waals surface area contributed by atoms with E-state index in [1.807, 2.05) is 6.92 Å². The molecule has 2 N–H and O–H groups in total. The lowest BCUT2D eigenvalue weighted by Gasteiger charge is -2.02. The Hall–Kier alpha value is -1.65. The van der Waals surface area contributed by atoms with Crippen LogP contribution in [0, 0.1) is 0 Å². The molecule has 0 saturated carbocycles. The number of nitrogens with two attached hydrogens (primary N) is 1. The van der Waals surface area contributed by atoms with Crippen molar-refractivity contribution in [3.8, 4) is 0 Å². The van der Waals surface area contributed by atoms with Crippen LogP contribution in [0.2, 0.25) is 0 Å². The first kappa shape index (κ1) is 10.4. The Balaban J connectivity index is 2.52. The first-order valence-corrected chi connectivity index (χ1v) is 4.48. The number of carbonyl (C=O) groups is 1. The molecule has 0 atom stereocenters. The smallest absolute Gasteiger partial charge is 0.358 e. The minimum Gasteiger partial charge on any atom is -0.461 e.